The minimum Gasteiger partial charge on any atom is -0.274 e. The van der Waals surface area contributed by atoms with Crippen molar-refractivity contribution in [1.29, 1.82) is 0 Å². The molecule has 0 radical (unpaired) electrons. The maximum absolute atomic E-state index is 4.55. The summed E-state index contributed by atoms with van der Waals surface area (Å²) in [5.41, 5.74) is 1.34. The highest BCUT2D eigenvalue weighted by Crippen LogP contribution is 2.21. The van der Waals surface area contributed by atoms with E-state index < -0.39 is 0 Å². The molecule has 0 unspecified atom stereocenters. The summed E-state index contributed by atoms with van der Waals surface area (Å²) in [4.78, 5) is 4.55. The van der Waals surface area contributed by atoms with Crippen LogP contribution in [0.15, 0.2) is 16.6 Å². The molecule has 1 aliphatic heterocycles. The molecule has 1 rings (SSSR count). The van der Waals surface area contributed by atoms with E-state index >= 15 is 0 Å². The van der Waals surface area contributed by atoms with Crippen LogP contribution in [-0.4, -0.2) is 16.8 Å². The largest absolute Gasteiger partial charge is 0.274 e. The molecule has 1 heterocycles. The Labute approximate surface area is 73.0 Å². The van der Waals surface area contributed by atoms with Gasteiger partial charge in [0.1, 0.15) is 0 Å². The Kier molecular flexibility index (Phi) is 3.18. The van der Waals surface area contributed by atoms with Crippen molar-refractivity contribution in [2.75, 3.05) is 5.75 Å². The van der Waals surface area contributed by atoms with Crippen LogP contribution in [0.3, 0.4) is 0 Å². The lowest BCUT2D eigenvalue weighted by molar-refractivity contribution is 0.738. The van der Waals surface area contributed by atoms with Gasteiger partial charge in [-0.05, 0) is 26.3 Å². The fraction of sp³-hybridized carbons (Fsp3) is 0.667. The molecule has 1 atom stereocenters. The van der Waals surface area contributed by atoms with Gasteiger partial charge in [-0.2, -0.15) is 0 Å². The predicted molar refractivity (Wildman–Crippen MR) is 53.4 cm³/mol. The molecule has 1 nitrogen and oxygen atoms in total. The van der Waals surface area contributed by atoms with Crippen LogP contribution < -0.4 is 0 Å². The van der Waals surface area contributed by atoms with Gasteiger partial charge in [-0.15, -0.1) is 11.8 Å². The highest BCUT2D eigenvalue weighted by molar-refractivity contribution is 8.14. The maximum atomic E-state index is 4.55. The van der Waals surface area contributed by atoms with Gasteiger partial charge in [0, 0.05) is 5.75 Å². The molecule has 0 aliphatic carbocycles. The molecule has 0 amide bonds. The first-order chi connectivity index (χ1) is 5.22. The van der Waals surface area contributed by atoms with E-state index in [9.17, 15) is 0 Å². The molecule has 0 saturated carbocycles. The summed E-state index contributed by atoms with van der Waals surface area (Å²) in [6.45, 7) is 6.42. The van der Waals surface area contributed by atoms with Crippen LogP contribution in [0.2, 0.25) is 0 Å². The number of allylic oxidation sites excluding steroid dienone is 1. The zero-order valence-electron chi connectivity index (χ0n) is 7.42. The topological polar surface area (TPSA) is 12.4 Å². The molecule has 0 bridgehead atoms. The van der Waals surface area contributed by atoms with E-state index in [1.807, 2.05) is 11.8 Å². The second-order valence-electron chi connectivity index (χ2n) is 3.06. The third kappa shape index (κ3) is 2.70. The third-order valence-corrected chi connectivity index (χ3v) is 2.69. The van der Waals surface area contributed by atoms with Crippen molar-refractivity contribution in [1.82, 2.24) is 0 Å². The van der Waals surface area contributed by atoms with Gasteiger partial charge in [-0.1, -0.05) is 12.5 Å². The molecule has 2 heteroatoms. The number of hydrogen-bond donors (Lipinski definition) is 0. The average molecular weight is 169 g/mol. The standard InChI is InChI=1S/C9H15NS/c1-4-8-6-11-9(10-8)5-7(2)3/h5,8H,4,6H2,1-3H3/t8-/m0/s1. The highest BCUT2D eigenvalue weighted by atomic mass is 32.2. The quantitative estimate of drug-likeness (QED) is 0.619. The van der Waals surface area contributed by atoms with Crippen LogP contribution in [0.4, 0.5) is 0 Å². The summed E-state index contributed by atoms with van der Waals surface area (Å²) in [5, 5.41) is 1.22. The van der Waals surface area contributed by atoms with Gasteiger partial charge in [-0.3, -0.25) is 4.99 Å². The van der Waals surface area contributed by atoms with E-state index in [1.165, 1.54) is 22.8 Å². The zero-order chi connectivity index (χ0) is 8.27. The van der Waals surface area contributed by atoms with Crippen molar-refractivity contribution in [3.05, 3.63) is 11.6 Å². The van der Waals surface area contributed by atoms with E-state index in [0.29, 0.717) is 6.04 Å². The van der Waals surface area contributed by atoms with Gasteiger partial charge < -0.3 is 0 Å². The predicted octanol–water partition coefficient (Wildman–Crippen LogP) is 2.88. The minimum absolute atomic E-state index is 0.575. The first-order valence-corrected chi connectivity index (χ1v) is 5.06. The number of nitrogens with zero attached hydrogens (tertiary/aromatic N) is 1. The molecule has 0 aromatic carbocycles. The molecule has 0 fully saturated rings. The van der Waals surface area contributed by atoms with Gasteiger partial charge in [0.2, 0.25) is 0 Å². The first kappa shape index (κ1) is 8.85. The Morgan fingerprint density at radius 1 is 1.73 bits per heavy atom. The summed E-state index contributed by atoms with van der Waals surface area (Å²) in [7, 11) is 0. The molecule has 0 N–H and O–H groups in total. The maximum Gasteiger partial charge on any atom is 0.0908 e. The Hall–Kier alpha value is -0.240. The number of hydrogen-bond acceptors (Lipinski definition) is 2. The van der Waals surface area contributed by atoms with Gasteiger partial charge >= 0.3 is 0 Å². The average Bonchev–Trinajstić information content (AvgIpc) is 2.34. The molecular weight excluding hydrogens is 154 g/mol. The number of rotatable bonds is 2. The van der Waals surface area contributed by atoms with Crippen LogP contribution in [0.25, 0.3) is 0 Å². The van der Waals surface area contributed by atoms with Gasteiger partial charge in [0.25, 0.3) is 0 Å². The normalized spacial score (nSPS) is 23.2. The van der Waals surface area contributed by atoms with Gasteiger partial charge in [0.15, 0.2) is 0 Å². The van der Waals surface area contributed by atoms with Crippen molar-refractivity contribution in [2.24, 2.45) is 4.99 Å². The van der Waals surface area contributed by atoms with Crippen molar-refractivity contribution >= 4 is 16.8 Å². The van der Waals surface area contributed by atoms with Crippen LogP contribution in [-0.2, 0) is 0 Å². The highest BCUT2D eigenvalue weighted by Gasteiger charge is 2.13. The number of thioether (sulfide) groups is 1. The fourth-order valence-corrected chi connectivity index (χ4v) is 2.19. The smallest absolute Gasteiger partial charge is 0.0908 e. The SMILES string of the molecule is CC[C@H]1CSC(C=C(C)C)=N1. The first-order valence-electron chi connectivity index (χ1n) is 4.08. The molecule has 11 heavy (non-hydrogen) atoms. The number of aliphatic imine (C=N–C) groups is 1. The van der Waals surface area contributed by atoms with Crippen molar-refractivity contribution in [3.8, 4) is 0 Å². The molecule has 0 aromatic rings. The summed E-state index contributed by atoms with van der Waals surface area (Å²) in [6.07, 6.45) is 3.34. The second-order valence-corrected chi connectivity index (χ2v) is 4.10. The van der Waals surface area contributed by atoms with E-state index in [4.69, 9.17) is 0 Å². The second kappa shape index (κ2) is 3.96. The molecule has 62 valence electrons. The lowest BCUT2D eigenvalue weighted by Crippen LogP contribution is -1.99. The van der Waals surface area contributed by atoms with E-state index in [2.05, 4.69) is 31.8 Å². The van der Waals surface area contributed by atoms with Crippen LogP contribution in [0.1, 0.15) is 27.2 Å². The Balaban J connectivity index is 2.55. The van der Waals surface area contributed by atoms with Gasteiger partial charge in [-0.25, -0.2) is 0 Å². The third-order valence-electron chi connectivity index (χ3n) is 1.62. The molecule has 1 aliphatic rings. The monoisotopic (exact) mass is 169 g/mol. The van der Waals surface area contributed by atoms with E-state index in [-0.39, 0.29) is 0 Å². The van der Waals surface area contributed by atoms with E-state index in [0.717, 1.165) is 0 Å². The Bertz CT molecular complexity index is 190. The van der Waals surface area contributed by atoms with Gasteiger partial charge in [0.05, 0.1) is 11.1 Å². The van der Waals surface area contributed by atoms with E-state index in [1.54, 1.807) is 0 Å². The van der Waals surface area contributed by atoms with Crippen molar-refractivity contribution < 1.29 is 0 Å². The molecule has 0 saturated heterocycles. The summed E-state index contributed by atoms with van der Waals surface area (Å²) in [5.74, 6) is 1.18. The minimum atomic E-state index is 0.575. The summed E-state index contributed by atoms with van der Waals surface area (Å²) in [6, 6.07) is 0.575. The summed E-state index contributed by atoms with van der Waals surface area (Å²) < 4.78 is 0. The lowest BCUT2D eigenvalue weighted by Gasteiger charge is -1.95. The van der Waals surface area contributed by atoms with Crippen molar-refractivity contribution in [3.63, 3.8) is 0 Å². The lowest BCUT2D eigenvalue weighted by atomic mass is 10.3. The molecular formula is C9H15NS. The fourth-order valence-electron chi connectivity index (χ4n) is 0.971. The molecule has 0 spiro atoms. The zero-order valence-corrected chi connectivity index (χ0v) is 8.24. The van der Waals surface area contributed by atoms with Crippen LogP contribution in [0.5, 0.6) is 0 Å². The Morgan fingerprint density at radius 3 is 2.91 bits per heavy atom. The summed E-state index contributed by atoms with van der Waals surface area (Å²) >= 11 is 1.88. The van der Waals surface area contributed by atoms with Crippen LogP contribution >= 0.6 is 11.8 Å². The van der Waals surface area contributed by atoms with Crippen molar-refractivity contribution in [2.45, 2.75) is 33.2 Å². The Morgan fingerprint density at radius 2 is 2.45 bits per heavy atom. The van der Waals surface area contributed by atoms with Crippen LogP contribution in [0, 0.1) is 0 Å². The molecule has 0 aromatic heterocycles.